The zero-order valence-corrected chi connectivity index (χ0v) is 20.4. The first-order chi connectivity index (χ1) is 13.9. The highest BCUT2D eigenvalue weighted by Gasteiger charge is 2.54. The first-order valence-corrected chi connectivity index (χ1v) is 12.7. The molecule has 4 atom stereocenters. The Balaban J connectivity index is 6.23. The Kier molecular flexibility index (Phi) is 15.2. The summed E-state index contributed by atoms with van der Waals surface area (Å²) >= 11 is 0. The monoisotopic (exact) mass is 411 g/mol. The van der Waals surface area contributed by atoms with E-state index in [0.717, 1.165) is 77.0 Å². The largest absolute Gasteiger partial charge is 0.389 e. The maximum absolute atomic E-state index is 12.5. The smallest absolute Gasteiger partial charge is 0.207 e. The molecular formula is C26H51O3. The lowest BCUT2D eigenvalue weighted by atomic mass is 9.60. The van der Waals surface area contributed by atoms with Gasteiger partial charge in [0.05, 0.1) is 17.1 Å². The third-order valence-corrected chi connectivity index (χ3v) is 7.19. The van der Waals surface area contributed by atoms with Crippen molar-refractivity contribution in [3.63, 3.8) is 0 Å². The number of aliphatic hydroxyl groups is 2. The summed E-state index contributed by atoms with van der Waals surface area (Å²) in [7, 11) is 0. The lowest BCUT2D eigenvalue weighted by molar-refractivity contribution is -0.160. The van der Waals surface area contributed by atoms with E-state index in [4.69, 9.17) is 0 Å². The van der Waals surface area contributed by atoms with Gasteiger partial charge in [-0.1, -0.05) is 106 Å². The van der Waals surface area contributed by atoms with E-state index in [9.17, 15) is 15.0 Å². The quantitative estimate of drug-likeness (QED) is 0.241. The fourth-order valence-corrected chi connectivity index (χ4v) is 5.24. The van der Waals surface area contributed by atoms with Gasteiger partial charge in [-0.2, -0.15) is 0 Å². The van der Waals surface area contributed by atoms with Gasteiger partial charge in [0.1, 0.15) is 0 Å². The van der Waals surface area contributed by atoms with Crippen molar-refractivity contribution in [2.24, 2.45) is 17.8 Å². The lowest BCUT2D eigenvalue weighted by Gasteiger charge is -2.50. The highest BCUT2D eigenvalue weighted by atomic mass is 16.3. The number of hydrogen-bond acceptors (Lipinski definition) is 3. The first kappa shape index (κ1) is 28.6. The summed E-state index contributed by atoms with van der Waals surface area (Å²) in [5, 5.41) is 24.1. The van der Waals surface area contributed by atoms with Crippen LogP contribution in [0.4, 0.5) is 0 Å². The van der Waals surface area contributed by atoms with Crippen molar-refractivity contribution in [2.45, 2.75) is 143 Å². The predicted molar refractivity (Wildman–Crippen MR) is 125 cm³/mol. The average molecular weight is 412 g/mol. The third-order valence-electron chi connectivity index (χ3n) is 7.19. The van der Waals surface area contributed by atoms with E-state index < -0.39 is 17.1 Å². The van der Waals surface area contributed by atoms with Crippen molar-refractivity contribution in [3.8, 4) is 0 Å². The summed E-state index contributed by atoms with van der Waals surface area (Å²) in [4.78, 5) is 12.5. The van der Waals surface area contributed by atoms with Crippen LogP contribution in [0, 0.1) is 17.8 Å². The second-order valence-corrected chi connectivity index (χ2v) is 9.24. The fraction of sp³-hybridized carbons (Fsp3) is 0.962. The molecule has 0 rings (SSSR count). The summed E-state index contributed by atoms with van der Waals surface area (Å²) in [6.45, 7) is 12.8. The first-order valence-electron chi connectivity index (χ1n) is 12.7. The minimum absolute atomic E-state index is 0.0253. The molecule has 0 aromatic carbocycles. The molecule has 0 bridgehead atoms. The topological polar surface area (TPSA) is 57.5 Å². The fourth-order valence-electron chi connectivity index (χ4n) is 5.24. The standard InChI is InChI=1S/C26H51O3/c1-7-13-17-22(11-5)25(28,19-15-9-3)24(21-27)26(29,20-16-10-4)23(12-6)18-14-8-2/h22-24,28-29H,7-20H2,1-6H3. The van der Waals surface area contributed by atoms with Gasteiger partial charge in [-0.05, 0) is 37.5 Å². The summed E-state index contributed by atoms with van der Waals surface area (Å²) in [6, 6.07) is 0. The lowest BCUT2D eigenvalue weighted by Crippen LogP contribution is -2.59. The molecule has 0 saturated carbocycles. The van der Waals surface area contributed by atoms with Crippen molar-refractivity contribution in [1.82, 2.24) is 0 Å². The van der Waals surface area contributed by atoms with Gasteiger partial charge in [0.2, 0.25) is 6.29 Å². The molecule has 0 heterocycles. The van der Waals surface area contributed by atoms with E-state index in [1.165, 1.54) is 0 Å². The second kappa shape index (κ2) is 15.4. The van der Waals surface area contributed by atoms with Crippen molar-refractivity contribution in [1.29, 1.82) is 0 Å². The Morgan fingerprint density at radius 3 is 1.24 bits per heavy atom. The summed E-state index contributed by atoms with van der Waals surface area (Å²) in [5.41, 5.74) is -2.35. The van der Waals surface area contributed by atoms with Gasteiger partial charge >= 0.3 is 0 Å². The number of carbonyl (C=O) groups excluding carboxylic acids is 1. The Morgan fingerprint density at radius 1 is 0.655 bits per heavy atom. The molecule has 1 radical (unpaired) electrons. The van der Waals surface area contributed by atoms with Gasteiger partial charge < -0.3 is 10.2 Å². The van der Waals surface area contributed by atoms with Gasteiger partial charge in [-0.3, -0.25) is 4.79 Å². The normalized spacial score (nSPS) is 19.2. The van der Waals surface area contributed by atoms with Crippen LogP contribution in [-0.4, -0.2) is 27.7 Å². The molecule has 0 aromatic heterocycles. The molecule has 0 aliphatic rings. The average Bonchev–Trinajstić information content (AvgIpc) is 2.72. The van der Waals surface area contributed by atoms with Crippen LogP contribution in [0.3, 0.4) is 0 Å². The zero-order chi connectivity index (χ0) is 22.3. The molecule has 3 heteroatoms. The maximum atomic E-state index is 12.5. The predicted octanol–water partition coefficient (Wildman–Crippen LogP) is 6.99. The van der Waals surface area contributed by atoms with Gasteiger partial charge in [0, 0.05) is 0 Å². The van der Waals surface area contributed by atoms with Crippen LogP contribution < -0.4 is 0 Å². The molecule has 0 saturated heterocycles. The van der Waals surface area contributed by atoms with Crippen molar-refractivity contribution in [3.05, 3.63) is 0 Å². The highest BCUT2D eigenvalue weighted by Crippen LogP contribution is 2.47. The molecule has 0 spiro atoms. The van der Waals surface area contributed by atoms with E-state index in [1.54, 1.807) is 0 Å². The number of unbranched alkanes of at least 4 members (excludes halogenated alkanes) is 4. The van der Waals surface area contributed by atoms with E-state index in [-0.39, 0.29) is 11.8 Å². The Labute approximate surface area is 182 Å². The number of hydrogen-bond donors (Lipinski definition) is 2. The van der Waals surface area contributed by atoms with Crippen LogP contribution >= 0.6 is 0 Å². The van der Waals surface area contributed by atoms with Crippen molar-refractivity contribution in [2.75, 3.05) is 0 Å². The van der Waals surface area contributed by atoms with Crippen LogP contribution in [0.5, 0.6) is 0 Å². The van der Waals surface area contributed by atoms with E-state index in [1.807, 2.05) is 0 Å². The minimum Gasteiger partial charge on any atom is -0.389 e. The number of rotatable bonds is 19. The van der Waals surface area contributed by atoms with Crippen LogP contribution in [0.2, 0.25) is 0 Å². The Hall–Kier alpha value is -0.410. The molecule has 29 heavy (non-hydrogen) atoms. The van der Waals surface area contributed by atoms with Crippen molar-refractivity contribution >= 4 is 6.29 Å². The molecule has 3 nitrogen and oxygen atoms in total. The zero-order valence-electron chi connectivity index (χ0n) is 20.4. The van der Waals surface area contributed by atoms with E-state index in [2.05, 4.69) is 47.8 Å². The Morgan fingerprint density at radius 2 is 1.00 bits per heavy atom. The molecule has 173 valence electrons. The molecule has 0 aromatic rings. The highest BCUT2D eigenvalue weighted by molar-refractivity contribution is 5.59. The van der Waals surface area contributed by atoms with Gasteiger partial charge in [0.25, 0.3) is 0 Å². The van der Waals surface area contributed by atoms with Crippen LogP contribution in [0.1, 0.15) is 131 Å². The van der Waals surface area contributed by atoms with E-state index >= 15 is 0 Å². The van der Waals surface area contributed by atoms with Crippen LogP contribution in [-0.2, 0) is 4.79 Å². The summed E-state index contributed by atoms with van der Waals surface area (Å²) in [5.74, 6) is -0.786. The van der Waals surface area contributed by atoms with Crippen molar-refractivity contribution < 1.29 is 15.0 Å². The third kappa shape index (κ3) is 7.98. The molecule has 0 aliphatic heterocycles. The Bertz CT molecular complexity index is 377. The van der Waals surface area contributed by atoms with Gasteiger partial charge in [-0.15, -0.1) is 0 Å². The molecule has 0 fully saturated rings. The molecular weight excluding hydrogens is 360 g/mol. The SMILES string of the molecule is CCCCC(CC)C(O)(CCCC)C([C]=O)C(O)(CCCC)C(CC)CCCC. The van der Waals surface area contributed by atoms with E-state index in [0.29, 0.717) is 12.8 Å². The molecule has 0 aliphatic carbocycles. The van der Waals surface area contributed by atoms with Gasteiger partial charge in [-0.25, -0.2) is 0 Å². The van der Waals surface area contributed by atoms with Crippen LogP contribution in [0.15, 0.2) is 0 Å². The summed E-state index contributed by atoms with van der Waals surface area (Å²) < 4.78 is 0. The van der Waals surface area contributed by atoms with Crippen LogP contribution in [0.25, 0.3) is 0 Å². The van der Waals surface area contributed by atoms with Gasteiger partial charge in [0.15, 0.2) is 0 Å². The summed E-state index contributed by atoms with van der Waals surface area (Å²) in [6.07, 6.45) is 14.7. The second-order valence-electron chi connectivity index (χ2n) is 9.24. The minimum atomic E-state index is -1.18. The molecule has 0 amide bonds. The molecule has 4 unspecified atom stereocenters. The molecule has 2 N–H and O–H groups in total. The maximum Gasteiger partial charge on any atom is 0.207 e.